The van der Waals surface area contributed by atoms with E-state index in [0.717, 1.165) is 0 Å². The number of hydrogen-bond acceptors (Lipinski definition) is 2. The van der Waals surface area contributed by atoms with Crippen molar-refractivity contribution < 1.29 is 13.9 Å². The van der Waals surface area contributed by atoms with Gasteiger partial charge in [0.2, 0.25) is 5.95 Å². The molecule has 1 amide bonds. The number of nitrogens with zero attached hydrogens (tertiary/aromatic N) is 1. The third kappa shape index (κ3) is 1.77. The summed E-state index contributed by atoms with van der Waals surface area (Å²) in [5.74, 6) is -1.35. The fraction of sp³-hybridized carbons (Fsp3) is 0.444. The molecule has 0 unspecified atom stereocenters. The third-order valence-electron chi connectivity index (χ3n) is 1.99. The van der Waals surface area contributed by atoms with E-state index in [2.05, 4.69) is 0 Å². The van der Waals surface area contributed by atoms with E-state index in [-0.39, 0.29) is 12.2 Å². The van der Waals surface area contributed by atoms with Crippen molar-refractivity contribution in [3.05, 3.63) is 23.3 Å². The molecule has 0 aromatic carbocycles. The number of primary amides is 1. The summed E-state index contributed by atoms with van der Waals surface area (Å²) in [6.07, 6.45) is 0. The summed E-state index contributed by atoms with van der Waals surface area (Å²) < 4.78 is 19.7. The molecule has 1 aromatic rings. The van der Waals surface area contributed by atoms with Gasteiger partial charge in [-0.05, 0) is 13.0 Å². The Labute approximate surface area is 81.5 Å². The quantitative estimate of drug-likeness (QED) is 0.784. The Morgan fingerprint density at radius 3 is 2.79 bits per heavy atom. The molecule has 0 saturated heterocycles. The van der Waals surface area contributed by atoms with Crippen molar-refractivity contribution in [1.82, 2.24) is 4.57 Å². The Morgan fingerprint density at radius 1 is 1.71 bits per heavy atom. The monoisotopic (exact) mass is 200 g/mol. The lowest BCUT2D eigenvalue weighted by Gasteiger charge is -2.04. The number of methoxy groups -OCH3 is 1. The van der Waals surface area contributed by atoms with Gasteiger partial charge < -0.3 is 15.0 Å². The highest BCUT2D eigenvalue weighted by atomic mass is 19.1. The van der Waals surface area contributed by atoms with Crippen LogP contribution in [0.1, 0.15) is 23.0 Å². The first-order valence-corrected chi connectivity index (χ1v) is 4.28. The number of aromatic nitrogens is 1. The van der Waals surface area contributed by atoms with Crippen LogP contribution in [-0.4, -0.2) is 17.6 Å². The Bertz CT molecular complexity index is 347. The van der Waals surface area contributed by atoms with Gasteiger partial charge in [-0.25, -0.2) is 0 Å². The summed E-state index contributed by atoms with van der Waals surface area (Å²) in [6.45, 7) is 2.49. The molecule has 1 rings (SSSR count). The molecule has 1 heterocycles. The van der Waals surface area contributed by atoms with Gasteiger partial charge in [0.15, 0.2) is 0 Å². The van der Waals surface area contributed by atoms with Crippen LogP contribution < -0.4 is 5.73 Å². The van der Waals surface area contributed by atoms with Crippen molar-refractivity contribution in [3.63, 3.8) is 0 Å². The molecule has 0 bridgehead atoms. The topological polar surface area (TPSA) is 57.2 Å². The summed E-state index contributed by atoms with van der Waals surface area (Å²) in [5, 5.41) is 0. The summed E-state index contributed by atoms with van der Waals surface area (Å²) >= 11 is 0. The maximum absolute atomic E-state index is 13.5. The lowest BCUT2D eigenvalue weighted by atomic mass is 10.3. The predicted octanol–water partition coefficient (Wildman–Crippen LogP) is 0.892. The number of carbonyl (C=O) groups excluding carboxylic acids is 1. The van der Waals surface area contributed by atoms with Gasteiger partial charge >= 0.3 is 0 Å². The van der Waals surface area contributed by atoms with Crippen molar-refractivity contribution in [2.75, 3.05) is 7.11 Å². The zero-order chi connectivity index (χ0) is 10.7. The van der Waals surface area contributed by atoms with E-state index in [4.69, 9.17) is 10.5 Å². The minimum absolute atomic E-state index is 0.0844. The first-order chi connectivity index (χ1) is 6.61. The SMILES string of the molecule is CCn1c(COC)cc(C(N)=O)c1F. The number of carbonyl (C=O) groups is 1. The molecule has 0 spiro atoms. The molecule has 0 atom stereocenters. The molecule has 0 fully saturated rings. The van der Waals surface area contributed by atoms with Gasteiger partial charge in [-0.1, -0.05) is 0 Å². The molecule has 0 aliphatic heterocycles. The molecule has 0 aliphatic rings. The van der Waals surface area contributed by atoms with Crippen molar-refractivity contribution >= 4 is 5.91 Å². The van der Waals surface area contributed by atoms with Crippen molar-refractivity contribution in [2.45, 2.75) is 20.1 Å². The molecular formula is C9H13FN2O2. The average Bonchev–Trinajstić information content (AvgIpc) is 2.43. The number of halogens is 1. The van der Waals surface area contributed by atoms with Crippen LogP contribution in [0.15, 0.2) is 6.07 Å². The predicted molar refractivity (Wildman–Crippen MR) is 49.3 cm³/mol. The second-order valence-electron chi connectivity index (χ2n) is 2.88. The van der Waals surface area contributed by atoms with Crippen LogP contribution in [0.4, 0.5) is 4.39 Å². The van der Waals surface area contributed by atoms with Gasteiger partial charge in [0.25, 0.3) is 5.91 Å². The van der Waals surface area contributed by atoms with E-state index in [1.54, 1.807) is 6.92 Å². The molecule has 0 saturated carbocycles. The highest BCUT2D eigenvalue weighted by Crippen LogP contribution is 2.15. The summed E-state index contributed by atoms with van der Waals surface area (Å²) in [6, 6.07) is 1.42. The number of nitrogens with two attached hydrogens (primary N) is 1. The van der Waals surface area contributed by atoms with Crippen molar-refractivity contribution in [3.8, 4) is 0 Å². The maximum Gasteiger partial charge on any atom is 0.253 e. The fourth-order valence-electron chi connectivity index (χ4n) is 1.36. The molecule has 14 heavy (non-hydrogen) atoms. The highest BCUT2D eigenvalue weighted by molar-refractivity contribution is 5.93. The van der Waals surface area contributed by atoms with E-state index in [1.807, 2.05) is 0 Å². The second-order valence-corrected chi connectivity index (χ2v) is 2.88. The van der Waals surface area contributed by atoms with Crippen LogP contribution in [0.3, 0.4) is 0 Å². The van der Waals surface area contributed by atoms with Gasteiger partial charge in [0.05, 0.1) is 12.2 Å². The average molecular weight is 200 g/mol. The largest absolute Gasteiger partial charge is 0.378 e. The van der Waals surface area contributed by atoms with Gasteiger partial charge in [0, 0.05) is 19.3 Å². The summed E-state index contributed by atoms with van der Waals surface area (Å²) in [5.41, 5.74) is 5.54. The zero-order valence-corrected chi connectivity index (χ0v) is 8.21. The molecule has 5 heteroatoms. The first kappa shape index (κ1) is 10.7. The van der Waals surface area contributed by atoms with Crippen LogP contribution in [-0.2, 0) is 17.9 Å². The normalized spacial score (nSPS) is 10.5. The highest BCUT2D eigenvalue weighted by Gasteiger charge is 2.17. The van der Waals surface area contributed by atoms with Crippen LogP contribution in [0.5, 0.6) is 0 Å². The van der Waals surface area contributed by atoms with Gasteiger partial charge in [0.1, 0.15) is 0 Å². The molecule has 1 aromatic heterocycles. The van der Waals surface area contributed by atoms with E-state index in [1.165, 1.54) is 17.7 Å². The maximum atomic E-state index is 13.5. The van der Waals surface area contributed by atoms with Crippen molar-refractivity contribution in [1.29, 1.82) is 0 Å². The molecular weight excluding hydrogens is 187 g/mol. The van der Waals surface area contributed by atoms with Crippen LogP contribution in [0.25, 0.3) is 0 Å². The smallest absolute Gasteiger partial charge is 0.253 e. The third-order valence-corrected chi connectivity index (χ3v) is 1.99. The molecule has 0 aliphatic carbocycles. The minimum Gasteiger partial charge on any atom is -0.378 e. The fourth-order valence-corrected chi connectivity index (χ4v) is 1.36. The molecule has 78 valence electrons. The first-order valence-electron chi connectivity index (χ1n) is 4.28. The van der Waals surface area contributed by atoms with E-state index < -0.39 is 11.9 Å². The number of hydrogen-bond donors (Lipinski definition) is 1. The minimum atomic E-state index is -0.757. The Balaban J connectivity index is 3.17. The summed E-state index contributed by atoms with van der Waals surface area (Å²) in [7, 11) is 1.51. The Morgan fingerprint density at radius 2 is 2.36 bits per heavy atom. The Kier molecular flexibility index (Phi) is 3.24. The van der Waals surface area contributed by atoms with E-state index in [9.17, 15) is 9.18 Å². The molecule has 2 N–H and O–H groups in total. The van der Waals surface area contributed by atoms with E-state index >= 15 is 0 Å². The summed E-state index contributed by atoms with van der Waals surface area (Å²) in [4.78, 5) is 10.8. The zero-order valence-electron chi connectivity index (χ0n) is 8.21. The molecule has 4 nitrogen and oxygen atoms in total. The van der Waals surface area contributed by atoms with Crippen LogP contribution in [0.2, 0.25) is 0 Å². The van der Waals surface area contributed by atoms with Gasteiger partial charge in [-0.2, -0.15) is 4.39 Å². The van der Waals surface area contributed by atoms with Gasteiger partial charge in [-0.3, -0.25) is 4.79 Å². The number of amides is 1. The number of ether oxygens (including phenoxy) is 1. The number of rotatable bonds is 4. The Hall–Kier alpha value is -1.36. The second kappa shape index (κ2) is 4.23. The van der Waals surface area contributed by atoms with Crippen LogP contribution in [0, 0.1) is 5.95 Å². The molecule has 0 radical (unpaired) electrons. The van der Waals surface area contributed by atoms with Gasteiger partial charge in [-0.15, -0.1) is 0 Å². The van der Waals surface area contributed by atoms with E-state index in [0.29, 0.717) is 12.2 Å². The standard InChI is InChI=1S/C9H13FN2O2/c1-3-12-6(5-14-2)4-7(8(12)10)9(11)13/h4H,3,5H2,1-2H3,(H2,11,13). The lowest BCUT2D eigenvalue weighted by Crippen LogP contribution is -2.13. The van der Waals surface area contributed by atoms with Crippen LogP contribution >= 0.6 is 0 Å². The lowest BCUT2D eigenvalue weighted by molar-refractivity contribution is 0.0996. The van der Waals surface area contributed by atoms with Crippen molar-refractivity contribution in [2.24, 2.45) is 5.73 Å².